The van der Waals surface area contributed by atoms with E-state index in [1.165, 1.54) is 0 Å². The summed E-state index contributed by atoms with van der Waals surface area (Å²) in [5.74, 6) is -0.00267. The van der Waals surface area contributed by atoms with E-state index in [0.717, 1.165) is 0 Å². The summed E-state index contributed by atoms with van der Waals surface area (Å²) < 4.78 is 0. The highest BCUT2D eigenvalue weighted by Crippen LogP contribution is 2.26. The molecule has 1 rings (SSSR count). The average molecular weight is 260 g/mol. The molecular formula is C12H15Cl2NO. The van der Waals surface area contributed by atoms with Gasteiger partial charge in [0.1, 0.15) is 0 Å². The second-order valence-corrected chi connectivity index (χ2v) is 5.44. The minimum Gasteiger partial charge on any atom is -0.330 e. The number of nitrogens with two attached hydrogens (primary N) is 1. The fourth-order valence-corrected chi connectivity index (χ4v) is 1.83. The molecule has 0 aliphatic rings. The highest BCUT2D eigenvalue weighted by atomic mass is 35.5. The molecule has 1 aromatic rings. The van der Waals surface area contributed by atoms with E-state index in [0.29, 0.717) is 28.6 Å². The fraction of sp³-hybridized carbons (Fsp3) is 0.417. The summed E-state index contributed by atoms with van der Waals surface area (Å²) >= 11 is 11.7. The Morgan fingerprint density at radius 2 is 2.00 bits per heavy atom. The Balaban J connectivity index is 2.89. The van der Waals surface area contributed by atoms with E-state index in [4.69, 9.17) is 28.9 Å². The first-order chi connectivity index (χ1) is 7.35. The number of rotatable bonds is 4. The first kappa shape index (κ1) is 13.5. The van der Waals surface area contributed by atoms with E-state index >= 15 is 0 Å². The van der Waals surface area contributed by atoms with Crippen LogP contribution in [0.5, 0.6) is 0 Å². The molecule has 0 radical (unpaired) electrons. The van der Waals surface area contributed by atoms with Crippen LogP contribution >= 0.6 is 23.2 Å². The lowest BCUT2D eigenvalue weighted by molar-refractivity contribution is 0.0935. The van der Waals surface area contributed by atoms with Gasteiger partial charge in [0.2, 0.25) is 0 Å². The molecule has 0 saturated heterocycles. The molecule has 0 spiro atoms. The van der Waals surface area contributed by atoms with Crippen LogP contribution in [-0.2, 0) is 0 Å². The second kappa shape index (κ2) is 5.17. The molecule has 0 aromatic heterocycles. The van der Waals surface area contributed by atoms with Gasteiger partial charge >= 0.3 is 0 Å². The molecule has 0 saturated carbocycles. The van der Waals surface area contributed by atoms with E-state index in [1.807, 2.05) is 13.8 Å². The minimum atomic E-state index is -0.208. The summed E-state index contributed by atoms with van der Waals surface area (Å²) in [5, 5.41) is 0.921. The second-order valence-electron chi connectivity index (χ2n) is 4.59. The Labute approximate surface area is 106 Å². The van der Waals surface area contributed by atoms with Crippen molar-refractivity contribution in [2.75, 3.05) is 6.54 Å². The Kier molecular flexibility index (Phi) is 4.36. The van der Waals surface area contributed by atoms with E-state index in [9.17, 15) is 4.79 Å². The fourth-order valence-electron chi connectivity index (χ4n) is 1.32. The predicted octanol–water partition coefficient (Wildman–Crippen LogP) is 3.55. The Morgan fingerprint density at radius 3 is 2.50 bits per heavy atom. The third-order valence-corrected chi connectivity index (χ3v) is 2.97. The lowest BCUT2D eigenvalue weighted by Crippen LogP contribution is -2.26. The van der Waals surface area contributed by atoms with Crippen LogP contribution in [0.25, 0.3) is 0 Å². The molecule has 0 bridgehead atoms. The van der Waals surface area contributed by atoms with Crippen LogP contribution < -0.4 is 5.73 Å². The Bertz CT molecular complexity index is 402. The van der Waals surface area contributed by atoms with Crippen molar-refractivity contribution >= 4 is 29.0 Å². The molecule has 88 valence electrons. The van der Waals surface area contributed by atoms with Gasteiger partial charge in [-0.15, -0.1) is 0 Å². The molecule has 0 fully saturated rings. The maximum Gasteiger partial charge on any atom is 0.164 e. The van der Waals surface area contributed by atoms with Gasteiger partial charge in [-0.3, -0.25) is 4.79 Å². The molecule has 2 nitrogen and oxygen atoms in total. The Hall–Kier alpha value is -0.570. The number of carbonyl (C=O) groups is 1. The highest BCUT2D eigenvalue weighted by Gasteiger charge is 2.22. The number of benzene rings is 1. The predicted molar refractivity (Wildman–Crippen MR) is 68.2 cm³/mol. The normalized spacial score (nSPS) is 11.6. The maximum absolute atomic E-state index is 12.0. The molecule has 0 amide bonds. The molecule has 16 heavy (non-hydrogen) atoms. The van der Waals surface area contributed by atoms with Crippen molar-refractivity contribution in [1.82, 2.24) is 0 Å². The highest BCUT2D eigenvalue weighted by molar-refractivity contribution is 6.36. The van der Waals surface area contributed by atoms with Gasteiger partial charge in [-0.1, -0.05) is 37.0 Å². The summed E-state index contributed by atoms with van der Waals surface area (Å²) in [7, 11) is 0. The quantitative estimate of drug-likeness (QED) is 0.841. The summed E-state index contributed by atoms with van der Waals surface area (Å²) in [6, 6.07) is 4.89. The molecular weight excluding hydrogens is 245 g/mol. The smallest absolute Gasteiger partial charge is 0.164 e. The van der Waals surface area contributed by atoms with Gasteiger partial charge in [-0.05, 0) is 30.2 Å². The van der Waals surface area contributed by atoms with Crippen LogP contribution in [-0.4, -0.2) is 12.3 Å². The molecule has 2 N–H and O–H groups in total. The van der Waals surface area contributed by atoms with Gasteiger partial charge < -0.3 is 5.73 Å². The van der Waals surface area contributed by atoms with Crippen LogP contribution in [0.2, 0.25) is 10.0 Å². The summed E-state index contributed by atoms with van der Waals surface area (Å²) in [4.78, 5) is 12.0. The zero-order valence-electron chi connectivity index (χ0n) is 9.39. The van der Waals surface area contributed by atoms with Crippen molar-refractivity contribution in [1.29, 1.82) is 0 Å². The van der Waals surface area contributed by atoms with E-state index < -0.39 is 0 Å². The van der Waals surface area contributed by atoms with Crippen molar-refractivity contribution in [3.8, 4) is 0 Å². The standard InChI is InChI=1S/C12H15Cl2NO/c1-12(2,7-15)6-11(16)9-4-3-8(13)5-10(9)14/h3-5H,6-7,15H2,1-2H3. The number of halogens is 2. The van der Waals surface area contributed by atoms with Crippen molar-refractivity contribution < 1.29 is 4.79 Å². The molecule has 1 aromatic carbocycles. The van der Waals surface area contributed by atoms with Crippen LogP contribution in [0.4, 0.5) is 0 Å². The first-order valence-corrected chi connectivity index (χ1v) is 5.79. The summed E-state index contributed by atoms with van der Waals surface area (Å²) in [5.41, 5.74) is 5.89. The number of Topliss-reactive ketones (excluding diaryl/α,β-unsaturated/α-hetero) is 1. The first-order valence-electron chi connectivity index (χ1n) is 5.04. The van der Waals surface area contributed by atoms with Gasteiger partial charge in [0.05, 0.1) is 5.02 Å². The van der Waals surface area contributed by atoms with Crippen LogP contribution in [0.1, 0.15) is 30.6 Å². The lowest BCUT2D eigenvalue weighted by Gasteiger charge is -2.21. The number of hydrogen-bond acceptors (Lipinski definition) is 2. The zero-order valence-corrected chi connectivity index (χ0v) is 10.9. The lowest BCUT2D eigenvalue weighted by atomic mass is 9.86. The topological polar surface area (TPSA) is 43.1 Å². The number of hydrogen-bond donors (Lipinski definition) is 1. The van der Waals surface area contributed by atoms with Crippen molar-refractivity contribution in [2.45, 2.75) is 20.3 Å². The van der Waals surface area contributed by atoms with Gasteiger partial charge in [-0.2, -0.15) is 0 Å². The number of carbonyl (C=O) groups excluding carboxylic acids is 1. The van der Waals surface area contributed by atoms with Gasteiger partial charge in [0.25, 0.3) is 0 Å². The third-order valence-electron chi connectivity index (χ3n) is 2.42. The molecule has 0 atom stereocenters. The largest absolute Gasteiger partial charge is 0.330 e. The zero-order chi connectivity index (χ0) is 12.3. The van der Waals surface area contributed by atoms with E-state index in [1.54, 1.807) is 18.2 Å². The van der Waals surface area contributed by atoms with Crippen LogP contribution in [0, 0.1) is 5.41 Å². The SMILES string of the molecule is CC(C)(CN)CC(=O)c1ccc(Cl)cc1Cl. The third kappa shape index (κ3) is 3.48. The average Bonchev–Trinajstić information content (AvgIpc) is 2.16. The molecule has 0 unspecified atom stereocenters. The van der Waals surface area contributed by atoms with Crippen molar-refractivity contribution in [3.63, 3.8) is 0 Å². The van der Waals surface area contributed by atoms with E-state index in [2.05, 4.69) is 0 Å². The van der Waals surface area contributed by atoms with E-state index in [-0.39, 0.29) is 11.2 Å². The van der Waals surface area contributed by atoms with Crippen LogP contribution in [0.3, 0.4) is 0 Å². The van der Waals surface area contributed by atoms with Crippen molar-refractivity contribution in [3.05, 3.63) is 33.8 Å². The maximum atomic E-state index is 12.0. The Morgan fingerprint density at radius 1 is 1.38 bits per heavy atom. The summed E-state index contributed by atoms with van der Waals surface area (Å²) in [6.07, 6.45) is 0.380. The summed E-state index contributed by atoms with van der Waals surface area (Å²) in [6.45, 7) is 4.37. The monoisotopic (exact) mass is 259 g/mol. The van der Waals surface area contributed by atoms with Crippen LogP contribution in [0.15, 0.2) is 18.2 Å². The molecule has 0 heterocycles. The molecule has 4 heteroatoms. The van der Waals surface area contributed by atoms with Gasteiger partial charge in [0.15, 0.2) is 5.78 Å². The molecule has 0 aliphatic heterocycles. The van der Waals surface area contributed by atoms with Gasteiger partial charge in [0, 0.05) is 17.0 Å². The van der Waals surface area contributed by atoms with Crippen molar-refractivity contribution in [2.24, 2.45) is 11.1 Å². The molecule has 0 aliphatic carbocycles. The minimum absolute atomic E-state index is 0.00267. The number of ketones is 1. The van der Waals surface area contributed by atoms with Gasteiger partial charge in [-0.25, -0.2) is 0 Å².